The molecule has 3 aromatic rings. The third-order valence-corrected chi connectivity index (χ3v) is 4.03. The number of aromatic nitrogens is 3. The van der Waals surface area contributed by atoms with Gasteiger partial charge in [-0.2, -0.15) is 0 Å². The lowest BCUT2D eigenvalue weighted by atomic mass is 10.3. The van der Waals surface area contributed by atoms with E-state index >= 15 is 0 Å². The van der Waals surface area contributed by atoms with Crippen LogP contribution in [0.1, 0.15) is 6.92 Å². The molecule has 7 nitrogen and oxygen atoms in total. The largest absolute Gasteiger partial charge is 0.497 e. The standard InChI is InChI=1S/C16H16N4O3S/c1-3-23-16(21)20-15-18-13-8-12(9-17-14(13)19-15)24-11-6-4-5-10(7-11)22-2/h4-9H,3H2,1-2H3,(H2,17,18,19,20,21). The van der Waals surface area contributed by atoms with Crippen molar-refractivity contribution < 1.29 is 14.3 Å². The van der Waals surface area contributed by atoms with Gasteiger partial charge in [0.15, 0.2) is 5.65 Å². The van der Waals surface area contributed by atoms with E-state index in [2.05, 4.69) is 20.3 Å². The number of pyridine rings is 1. The highest BCUT2D eigenvalue weighted by atomic mass is 32.2. The van der Waals surface area contributed by atoms with E-state index in [1.54, 1.807) is 32.0 Å². The minimum absolute atomic E-state index is 0.297. The van der Waals surface area contributed by atoms with Gasteiger partial charge < -0.3 is 14.5 Å². The van der Waals surface area contributed by atoms with Gasteiger partial charge in [-0.3, -0.25) is 5.32 Å². The Balaban J connectivity index is 1.79. The van der Waals surface area contributed by atoms with E-state index in [-0.39, 0.29) is 0 Å². The van der Waals surface area contributed by atoms with Crippen molar-refractivity contribution in [3.63, 3.8) is 0 Å². The van der Waals surface area contributed by atoms with Gasteiger partial charge >= 0.3 is 6.09 Å². The molecule has 0 aliphatic carbocycles. The Labute approximate surface area is 142 Å². The lowest BCUT2D eigenvalue weighted by Crippen LogP contribution is -2.14. The zero-order valence-corrected chi connectivity index (χ0v) is 14.0. The van der Waals surface area contributed by atoms with E-state index < -0.39 is 6.09 Å². The number of ether oxygens (including phenoxy) is 2. The summed E-state index contributed by atoms with van der Waals surface area (Å²) in [5.41, 5.74) is 1.26. The Bertz CT molecular complexity index is 865. The topological polar surface area (TPSA) is 89.1 Å². The van der Waals surface area contributed by atoms with E-state index in [1.807, 2.05) is 30.3 Å². The fourth-order valence-corrected chi connectivity index (χ4v) is 2.93. The number of methoxy groups -OCH3 is 1. The molecule has 2 N–H and O–H groups in total. The minimum Gasteiger partial charge on any atom is -0.497 e. The van der Waals surface area contributed by atoms with Gasteiger partial charge in [-0.05, 0) is 31.2 Å². The van der Waals surface area contributed by atoms with Crippen molar-refractivity contribution in [1.29, 1.82) is 0 Å². The number of rotatable bonds is 5. The molecule has 0 spiro atoms. The average Bonchev–Trinajstić information content (AvgIpc) is 2.96. The van der Waals surface area contributed by atoms with Crippen LogP contribution < -0.4 is 10.1 Å². The van der Waals surface area contributed by atoms with Gasteiger partial charge in [-0.15, -0.1) is 0 Å². The molecule has 0 bridgehead atoms. The van der Waals surface area contributed by atoms with Crippen LogP contribution in [0.25, 0.3) is 11.2 Å². The molecule has 1 amide bonds. The Kier molecular flexibility index (Phi) is 4.85. The number of hydrogen-bond acceptors (Lipinski definition) is 6. The second kappa shape index (κ2) is 7.22. The Morgan fingerprint density at radius 2 is 2.21 bits per heavy atom. The van der Waals surface area contributed by atoms with E-state index in [0.29, 0.717) is 23.7 Å². The van der Waals surface area contributed by atoms with Gasteiger partial charge in [0.1, 0.15) is 11.3 Å². The molecule has 0 atom stereocenters. The van der Waals surface area contributed by atoms with Crippen LogP contribution in [-0.2, 0) is 4.74 Å². The van der Waals surface area contributed by atoms with Gasteiger partial charge in [-0.1, -0.05) is 17.8 Å². The monoisotopic (exact) mass is 344 g/mol. The van der Waals surface area contributed by atoms with Gasteiger partial charge in [0, 0.05) is 16.0 Å². The molecule has 2 heterocycles. The zero-order valence-electron chi connectivity index (χ0n) is 13.2. The van der Waals surface area contributed by atoms with Gasteiger partial charge in [-0.25, -0.2) is 14.8 Å². The molecule has 0 fully saturated rings. The second-order valence-electron chi connectivity index (χ2n) is 4.75. The van der Waals surface area contributed by atoms with Crippen LogP contribution in [0.15, 0.2) is 46.3 Å². The molecule has 3 rings (SSSR count). The molecule has 0 radical (unpaired) electrons. The number of imidazole rings is 1. The maximum absolute atomic E-state index is 11.4. The van der Waals surface area contributed by atoms with Crippen LogP contribution in [0.3, 0.4) is 0 Å². The van der Waals surface area contributed by atoms with Crippen molar-refractivity contribution in [3.8, 4) is 5.75 Å². The minimum atomic E-state index is -0.553. The van der Waals surface area contributed by atoms with E-state index in [0.717, 1.165) is 15.5 Å². The van der Waals surface area contributed by atoms with Crippen LogP contribution in [0.2, 0.25) is 0 Å². The van der Waals surface area contributed by atoms with Crippen LogP contribution in [0, 0.1) is 0 Å². The predicted molar refractivity (Wildman–Crippen MR) is 91.7 cm³/mol. The number of nitrogens with zero attached hydrogens (tertiary/aromatic N) is 2. The van der Waals surface area contributed by atoms with Crippen molar-refractivity contribution in [2.24, 2.45) is 0 Å². The van der Waals surface area contributed by atoms with E-state index in [9.17, 15) is 4.79 Å². The fraction of sp³-hybridized carbons (Fsp3) is 0.188. The number of anilines is 1. The number of amides is 1. The first-order valence-electron chi connectivity index (χ1n) is 7.29. The lowest BCUT2D eigenvalue weighted by Gasteiger charge is -2.03. The molecule has 0 unspecified atom stereocenters. The van der Waals surface area contributed by atoms with Gasteiger partial charge in [0.05, 0.1) is 13.7 Å². The smallest absolute Gasteiger partial charge is 0.413 e. The number of aromatic amines is 1. The molecular formula is C16H16N4O3S. The first-order valence-corrected chi connectivity index (χ1v) is 8.11. The predicted octanol–water partition coefficient (Wildman–Crippen LogP) is 3.69. The Hall–Kier alpha value is -2.74. The molecule has 0 saturated carbocycles. The molecule has 0 aliphatic heterocycles. The highest BCUT2D eigenvalue weighted by Crippen LogP contribution is 2.30. The number of carbonyl (C=O) groups is 1. The highest BCUT2D eigenvalue weighted by Gasteiger charge is 2.09. The third kappa shape index (κ3) is 3.77. The summed E-state index contributed by atoms with van der Waals surface area (Å²) in [5, 5.41) is 2.53. The Morgan fingerprint density at radius 3 is 3.00 bits per heavy atom. The summed E-state index contributed by atoms with van der Waals surface area (Å²) in [5.74, 6) is 1.11. The summed E-state index contributed by atoms with van der Waals surface area (Å²) in [6.45, 7) is 2.04. The van der Waals surface area contributed by atoms with E-state index in [1.165, 1.54) is 0 Å². The van der Waals surface area contributed by atoms with Gasteiger partial charge in [0.2, 0.25) is 5.95 Å². The number of carbonyl (C=O) groups excluding carboxylic acids is 1. The first kappa shape index (κ1) is 16.1. The average molecular weight is 344 g/mol. The SMILES string of the molecule is CCOC(=O)Nc1nc2cc(Sc3cccc(OC)c3)cnc2[nH]1. The summed E-state index contributed by atoms with van der Waals surface area (Å²) in [6.07, 6.45) is 1.20. The lowest BCUT2D eigenvalue weighted by molar-refractivity contribution is 0.167. The number of nitrogens with one attached hydrogen (secondary N) is 2. The highest BCUT2D eigenvalue weighted by molar-refractivity contribution is 7.99. The summed E-state index contributed by atoms with van der Waals surface area (Å²) in [7, 11) is 1.64. The molecule has 0 saturated heterocycles. The molecule has 124 valence electrons. The fourth-order valence-electron chi connectivity index (χ4n) is 2.06. The van der Waals surface area contributed by atoms with Crippen LogP contribution in [-0.4, -0.2) is 34.8 Å². The maximum Gasteiger partial charge on any atom is 0.413 e. The van der Waals surface area contributed by atoms with Crippen molar-refractivity contribution in [3.05, 3.63) is 36.5 Å². The summed E-state index contributed by atoms with van der Waals surface area (Å²) >= 11 is 1.55. The summed E-state index contributed by atoms with van der Waals surface area (Å²) in [4.78, 5) is 25.0. The van der Waals surface area contributed by atoms with Crippen LogP contribution >= 0.6 is 11.8 Å². The molecule has 2 aromatic heterocycles. The summed E-state index contributed by atoms with van der Waals surface area (Å²) in [6, 6.07) is 9.68. The van der Waals surface area contributed by atoms with Crippen molar-refractivity contribution in [2.45, 2.75) is 16.7 Å². The molecule has 0 aliphatic rings. The normalized spacial score (nSPS) is 10.6. The number of benzene rings is 1. The van der Waals surface area contributed by atoms with Crippen molar-refractivity contribution in [1.82, 2.24) is 15.0 Å². The summed E-state index contributed by atoms with van der Waals surface area (Å²) < 4.78 is 10.0. The number of hydrogen-bond donors (Lipinski definition) is 2. The van der Waals surface area contributed by atoms with E-state index in [4.69, 9.17) is 9.47 Å². The Morgan fingerprint density at radius 1 is 1.33 bits per heavy atom. The van der Waals surface area contributed by atoms with Crippen molar-refractivity contribution >= 4 is 35.0 Å². The molecule has 24 heavy (non-hydrogen) atoms. The third-order valence-electron chi connectivity index (χ3n) is 3.08. The first-order chi connectivity index (χ1) is 11.7. The quantitative estimate of drug-likeness (QED) is 0.734. The van der Waals surface area contributed by atoms with Crippen LogP contribution in [0.5, 0.6) is 5.75 Å². The second-order valence-corrected chi connectivity index (χ2v) is 5.90. The maximum atomic E-state index is 11.4. The number of fused-ring (bicyclic) bond motifs is 1. The van der Waals surface area contributed by atoms with Crippen molar-refractivity contribution in [2.75, 3.05) is 19.0 Å². The zero-order chi connectivity index (χ0) is 16.9. The molecular weight excluding hydrogens is 328 g/mol. The number of H-pyrrole nitrogens is 1. The molecule has 8 heteroatoms. The molecule has 1 aromatic carbocycles. The van der Waals surface area contributed by atoms with Crippen LogP contribution in [0.4, 0.5) is 10.7 Å². The van der Waals surface area contributed by atoms with Gasteiger partial charge in [0.25, 0.3) is 0 Å².